The van der Waals surface area contributed by atoms with Crippen LogP contribution in [0.15, 0.2) is 0 Å². The first kappa shape index (κ1) is 20.3. The topological polar surface area (TPSA) is 119 Å². The van der Waals surface area contributed by atoms with Gasteiger partial charge in [-0.25, -0.2) is 14.5 Å². The quantitative estimate of drug-likeness (QED) is 0.725. The Bertz CT molecular complexity index is 422. The van der Waals surface area contributed by atoms with Gasteiger partial charge in [-0.15, -0.1) is 0 Å². The van der Waals surface area contributed by atoms with Crippen LogP contribution < -0.4 is 5.73 Å². The Morgan fingerprint density at radius 2 is 1.59 bits per heavy atom. The van der Waals surface area contributed by atoms with Crippen LogP contribution >= 0.6 is 0 Å². The number of carboxylic acid groups (broad SMARTS) is 1. The van der Waals surface area contributed by atoms with E-state index in [9.17, 15) is 19.5 Å². The number of ether oxygens (including phenoxy) is 2. The lowest BCUT2D eigenvalue weighted by Crippen LogP contribution is -2.54. The van der Waals surface area contributed by atoms with Gasteiger partial charge in [0.2, 0.25) is 5.91 Å². The second kappa shape index (κ2) is 7.55. The molecule has 128 valence electrons. The van der Waals surface area contributed by atoms with Crippen molar-refractivity contribution in [3.63, 3.8) is 0 Å². The summed E-state index contributed by atoms with van der Waals surface area (Å²) in [6, 6.07) is -1.41. The number of imide groups is 1. The van der Waals surface area contributed by atoms with Crippen molar-refractivity contribution in [3.8, 4) is 0 Å². The van der Waals surface area contributed by atoms with E-state index in [1.807, 2.05) is 0 Å². The van der Waals surface area contributed by atoms with Crippen molar-refractivity contribution in [2.45, 2.75) is 58.8 Å². The van der Waals surface area contributed by atoms with Gasteiger partial charge < -0.3 is 20.3 Å². The van der Waals surface area contributed by atoms with E-state index < -0.39 is 41.8 Å². The minimum absolute atomic E-state index is 0.309. The number of hydrogen-bond donors (Lipinski definition) is 2. The first-order chi connectivity index (χ1) is 9.78. The van der Waals surface area contributed by atoms with Crippen LogP contribution in [0.1, 0.15) is 41.5 Å². The molecule has 0 fully saturated rings. The molecule has 0 rings (SSSR count). The monoisotopic (exact) mass is 318 g/mol. The highest BCUT2D eigenvalue weighted by Crippen LogP contribution is 2.15. The molecular weight excluding hydrogens is 292 g/mol. The van der Waals surface area contributed by atoms with E-state index in [2.05, 4.69) is 0 Å². The van der Waals surface area contributed by atoms with E-state index in [0.29, 0.717) is 4.90 Å². The number of carbonyl (C=O) groups is 3. The van der Waals surface area contributed by atoms with E-state index in [-0.39, 0.29) is 6.61 Å². The molecule has 2 amide bonds. The molecule has 0 radical (unpaired) electrons. The Balaban J connectivity index is 5.41. The van der Waals surface area contributed by atoms with E-state index in [1.54, 1.807) is 41.5 Å². The third-order valence-electron chi connectivity index (χ3n) is 2.31. The highest BCUT2D eigenvalue weighted by molar-refractivity contribution is 5.97. The molecule has 8 heteroatoms. The molecule has 0 saturated heterocycles. The number of carbonyl (C=O) groups excluding carboxylic acids is 2. The molecule has 0 heterocycles. The lowest BCUT2D eigenvalue weighted by Gasteiger charge is -2.31. The largest absolute Gasteiger partial charge is 0.465 e. The minimum Gasteiger partial charge on any atom is -0.465 e. The SMILES string of the molecule is CC(C)(C)OC[C@@H](C(=O)OC(C)(C)C)N(C(=O)O)C(=O)CN. The summed E-state index contributed by atoms with van der Waals surface area (Å²) >= 11 is 0. The fraction of sp³-hybridized carbons (Fsp3) is 0.786. The second-order valence-electron chi connectivity index (χ2n) is 6.72. The molecule has 0 saturated carbocycles. The van der Waals surface area contributed by atoms with Gasteiger partial charge in [-0.1, -0.05) is 0 Å². The van der Waals surface area contributed by atoms with Crippen LogP contribution in [0.5, 0.6) is 0 Å². The molecule has 1 atom stereocenters. The summed E-state index contributed by atoms with van der Waals surface area (Å²) in [5.41, 5.74) is 3.77. The molecule has 0 aliphatic rings. The number of hydrogen-bond acceptors (Lipinski definition) is 6. The Kier molecular flexibility index (Phi) is 6.98. The molecule has 0 aromatic heterocycles. The molecule has 0 spiro atoms. The Morgan fingerprint density at radius 1 is 1.09 bits per heavy atom. The summed E-state index contributed by atoms with van der Waals surface area (Å²) in [6.45, 7) is 9.31. The number of nitrogens with zero attached hydrogens (tertiary/aromatic N) is 1. The predicted molar refractivity (Wildman–Crippen MR) is 79.3 cm³/mol. The molecule has 0 aliphatic heterocycles. The highest BCUT2D eigenvalue weighted by atomic mass is 16.6. The van der Waals surface area contributed by atoms with Crippen LogP contribution in [0.25, 0.3) is 0 Å². The molecule has 0 aromatic carbocycles. The zero-order valence-electron chi connectivity index (χ0n) is 14.0. The third-order valence-corrected chi connectivity index (χ3v) is 2.31. The second-order valence-corrected chi connectivity index (χ2v) is 6.72. The Labute approximate surface area is 130 Å². The van der Waals surface area contributed by atoms with Gasteiger partial charge in [0, 0.05) is 0 Å². The lowest BCUT2D eigenvalue weighted by molar-refractivity contribution is -0.167. The van der Waals surface area contributed by atoms with E-state index in [4.69, 9.17) is 15.2 Å². The molecule has 8 nitrogen and oxygen atoms in total. The zero-order valence-corrected chi connectivity index (χ0v) is 14.0. The molecule has 0 unspecified atom stereocenters. The summed E-state index contributed by atoms with van der Waals surface area (Å²) in [4.78, 5) is 35.7. The van der Waals surface area contributed by atoms with Crippen molar-refractivity contribution in [2.75, 3.05) is 13.2 Å². The van der Waals surface area contributed by atoms with Crippen LogP contribution in [0.4, 0.5) is 4.79 Å². The summed E-state index contributed by atoms with van der Waals surface area (Å²) in [7, 11) is 0. The normalized spacial score (nSPS) is 13.4. The van der Waals surface area contributed by atoms with Crippen LogP contribution in [0.3, 0.4) is 0 Å². The Morgan fingerprint density at radius 3 is 1.91 bits per heavy atom. The van der Waals surface area contributed by atoms with Crippen molar-refractivity contribution >= 4 is 18.0 Å². The minimum atomic E-state index is -1.58. The van der Waals surface area contributed by atoms with Gasteiger partial charge in [-0.05, 0) is 41.5 Å². The summed E-state index contributed by atoms with van der Waals surface area (Å²) < 4.78 is 10.6. The third kappa shape index (κ3) is 7.37. The van der Waals surface area contributed by atoms with E-state index in [0.717, 1.165) is 0 Å². The smallest absolute Gasteiger partial charge is 0.414 e. The first-order valence-corrected chi connectivity index (χ1v) is 6.90. The average molecular weight is 318 g/mol. The molecule has 0 aliphatic carbocycles. The fourth-order valence-corrected chi connectivity index (χ4v) is 1.46. The van der Waals surface area contributed by atoms with Gasteiger partial charge in [0.1, 0.15) is 5.60 Å². The van der Waals surface area contributed by atoms with Crippen molar-refractivity contribution in [2.24, 2.45) is 5.73 Å². The van der Waals surface area contributed by atoms with Gasteiger partial charge >= 0.3 is 12.1 Å². The van der Waals surface area contributed by atoms with Gasteiger partial charge in [-0.2, -0.15) is 0 Å². The summed E-state index contributed by atoms with van der Waals surface area (Å²) in [6.07, 6.45) is -1.58. The average Bonchev–Trinajstić information content (AvgIpc) is 2.29. The molecule has 0 aromatic rings. The first-order valence-electron chi connectivity index (χ1n) is 6.90. The van der Waals surface area contributed by atoms with Gasteiger partial charge in [0.15, 0.2) is 6.04 Å². The van der Waals surface area contributed by atoms with Crippen LogP contribution in [0.2, 0.25) is 0 Å². The molecule has 3 N–H and O–H groups in total. The van der Waals surface area contributed by atoms with E-state index >= 15 is 0 Å². The lowest BCUT2D eigenvalue weighted by atomic mass is 10.1. The maximum absolute atomic E-state index is 12.2. The van der Waals surface area contributed by atoms with Gasteiger partial charge in [-0.3, -0.25) is 4.79 Å². The highest BCUT2D eigenvalue weighted by Gasteiger charge is 2.38. The fourth-order valence-electron chi connectivity index (χ4n) is 1.46. The molecule has 22 heavy (non-hydrogen) atoms. The number of amides is 2. The Hall–Kier alpha value is -1.67. The maximum Gasteiger partial charge on any atom is 0.414 e. The van der Waals surface area contributed by atoms with Crippen LogP contribution in [-0.4, -0.2) is 58.4 Å². The molecular formula is C14H26N2O6. The van der Waals surface area contributed by atoms with Crippen molar-refractivity contribution in [1.82, 2.24) is 4.90 Å². The van der Waals surface area contributed by atoms with E-state index in [1.165, 1.54) is 0 Å². The van der Waals surface area contributed by atoms with Gasteiger partial charge in [0.25, 0.3) is 0 Å². The zero-order chi connectivity index (χ0) is 17.7. The number of nitrogens with two attached hydrogens (primary N) is 1. The summed E-state index contributed by atoms with van der Waals surface area (Å²) in [5, 5.41) is 9.21. The van der Waals surface area contributed by atoms with Crippen molar-refractivity contribution < 1.29 is 29.0 Å². The summed E-state index contributed by atoms with van der Waals surface area (Å²) in [5.74, 6) is -1.76. The number of rotatable bonds is 5. The standard InChI is InChI=1S/C14H26N2O6/c1-13(2,3)21-8-9(11(18)22-14(4,5)6)16(12(19)20)10(17)7-15/h9H,7-8,15H2,1-6H3,(H,19,20)/t9-/m0/s1. The van der Waals surface area contributed by atoms with Crippen LogP contribution in [0, 0.1) is 0 Å². The predicted octanol–water partition coefficient (Wildman–Crippen LogP) is 0.977. The van der Waals surface area contributed by atoms with Crippen LogP contribution in [-0.2, 0) is 19.1 Å². The van der Waals surface area contributed by atoms with Gasteiger partial charge in [0.05, 0.1) is 18.8 Å². The number of esters is 1. The maximum atomic E-state index is 12.2. The van der Waals surface area contributed by atoms with Crippen molar-refractivity contribution in [1.29, 1.82) is 0 Å². The molecule has 0 bridgehead atoms. The van der Waals surface area contributed by atoms with Crippen molar-refractivity contribution in [3.05, 3.63) is 0 Å².